The molecule has 0 aliphatic rings. The quantitative estimate of drug-likeness (QED) is 0.562. The highest BCUT2D eigenvalue weighted by molar-refractivity contribution is 7.15. The van der Waals surface area contributed by atoms with Crippen molar-refractivity contribution in [3.63, 3.8) is 0 Å². The lowest BCUT2D eigenvalue weighted by atomic mass is 10.1. The fourth-order valence-electron chi connectivity index (χ4n) is 2.56. The summed E-state index contributed by atoms with van der Waals surface area (Å²) in [5.41, 5.74) is 0.798. The predicted octanol–water partition coefficient (Wildman–Crippen LogP) is 4.13. The molecule has 5 nitrogen and oxygen atoms in total. The first-order valence-corrected chi connectivity index (χ1v) is 8.55. The normalized spacial score (nSPS) is 13.7. The Hall–Kier alpha value is -1.76. The van der Waals surface area contributed by atoms with Crippen LogP contribution in [-0.4, -0.2) is 22.7 Å². The molecule has 2 rings (SSSR count). The SMILES string of the molecule is CC(CCCO)NC(C)c1ccc(-c2ccccc2[N+](=O)[O-])s1. The maximum Gasteiger partial charge on any atom is 0.278 e. The molecular formula is C17H22N2O3S. The molecule has 2 N–H and O–H groups in total. The first kappa shape index (κ1) is 17.6. The van der Waals surface area contributed by atoms with E-state index in [1.807, 2.05) is 18.2 Å². The van der Waals surface area contributed by atoms with E-state index in [9.17, 15) is 10.1 Å². The molecule has 0 fully saturated rings. The summed E-state index contributed by atoms with van der Waals surface area (Å²) in [7, 11) is 0. The van der Waals surface area contributed by atoms with Crippen LogP contribution in [0.25, 0.3) is 10.4 Å². The fraction of sp³-hybridized carbons (Fsp3) is 0.412. The summed E-state index contributed by atoms with van der Waals surface area (Å²) in [5, 5.41) is 23.5. The fourth-order valence-corrected chi connectivity index (χ4v) is 3.61. The molecule has 0 aliphatic heterocycles. The van der Waals surface area contributed by atoms with Gasteiger partial charge in [-0.1, -0.05) is 12.1 Å². The van der Waals surface area contributed by atoms with E-state index in [0.29, 0.717) is 11.6 Å². The molecule has 1 aromatic carbocycles. The molecule has 0 spiro atoms. The maximum atomic E-state index is 11.2. The van der Waals surface area contributed by atoms with E-state index in [0.717, 1.165) is 22.6 Å². The van der Waals surface area contributed by atoms with E-state index >= 15 is 0 Å². The Morgan fingerprint density at radius 3 is 2.70 bits per heavy atom. The highest BCUT2D eigenvalue weighted by atomic mass is 32.1. The van der Waals surface area contributed by atoms with Crippen molar-refractivity contribution in [1.29, 1.82) is 0 Å². The van der Waals surface area contributed by atoms with Crippen molar-refractivity contribution >= 4 is 17.0 Å². The summed E-state index contributed by atoms with van der Waals surface area (Å²) in [6.45, 7) is 4.40. The van der Waals surface area contributed by atoms with Gasteiger partial charge in [-0.3, -0.25) is 10.1 Å². The average Bonchev–Trinajstić information content (AvgIpc) is 3.02. The highest BCUT2D eigenvalue weighted by Crippen LogP contribution is 2.36. The molecule has 0 saturated heterocycles. The van der Waals surface area contributed by atoms with Gasteiger partial charge in [-0.2, -0.15) is 0 Å². The number of nitro benzene ring substituents is 1. The number of hydrogen-bond acceptors (Lipinski definition) is 5. The van der Waals surface area contributed by atoms with Crippen LogP contribution in [0, 0.1) is 10.1 Å². The van der Waals surface area contributed by atoms with Gasteiger partial charge in [0.1, 0.15) is 0 Å². The Morgan fingerprint density at radius 1 is 1.26 bits per heavy atom. The number of nitrogens with zero attached hydrogens (tertiary/aromatic N) is 1. The summed E-state index contributed by atoms with van der Waals surface area (Å²) < 4.78 is 0. The zero-order chi connectivity index (χ0) is 16.8. The van der Waals surface area contributed by atoms with Crippen molar-refractivity contribution in [2.45, 2.75) is 38.8 Å². The molecular weight excluding hydrogens is 312 g/mol. The summed E-state index contributed by atoms with van der Waals surface area (Å²) in [5.74, 6) is 0. The Labute approximate surface area is 140 Å². The predicted molar refractivity (Wildman–Crippen MR) is 93.7 cm³/mol. The van der Waals surface area contributed by atoms with Crippen molar-refractivity contribution in [2.24, 2.45) is 0 Å². The minimum atomic E-state index is -0.340. The Balaban J connectivity index is 2.13. The van der Waals surface area contributed by atoms with Crippen LogP contribution in [0.15, 0.2) is 36.4 Å². The van der Waals surface area contributed by atoms with Gasteiger partial charge in [0, 0.05) is 34.5 Å². The number of thiophene rings is 1. The zero-order valence-corrected chi connectivity index (χ0v) is 14.2. The number of para-hydroxylation sites is 1. The van der Waals surface area contributed by atoms with Crippen LogP contribution in [0.1, 0.15) is 37.6 Å². The van der Waals surface area contributed by atoms with E-state index in [2.05, 4.69) is 19.2 Å². The van der Waals surface area contributed by atoms with Crippen molar-refractivity contribution in [3.8, 4) is 10.4 Å². The van der Waals surface area contributed by atoms with Crippen molar-refractivity contribution < 1.29 is 10.0 Å². The number of aliphatic hydroxyl groups excluding tert-OH is 1. The van der Waals surface area contributed by atoms with E-state index in [1.54, 1.807) is 23.5 Å². The molecule has 0 aliphatic carbocycles. The second kappa shape index (κ2) is 8.19. The van der Waals surface area contributed by atoms with Gasteiger partial charge in [0.05, 0.1) is 10.5 Å². The third-order valence-corrected chi connectivity index (χ3v) is 5.05. The first-order valence-electron chi connectivity index (χ1n) is 7.73. The Morgan fingerprint density at radius 2 is 2.00 bits per heavy atom. The third-order valence-electron chi connectivity index (χ3n) is 3.75. The van der Waals surface area contributed by atoms with Crippen molar-refractivity contribution in [2.75, 3.05) is 6.61 Å². The van der Waals surface area contributed by atoms with Crippen LogP contribution in [0.2, 0.25) is 0 Å². The van der Waals surface area contributed by atoms with Crippen molar-refractivity contribution in [3.05, 3.63) is 51.4 Å². The molecule has 2 atom stereocenters. The third kappa shape index (κ3) is 4.60. The smallest absolute Gasteiger partial charge is 0.278 e. The minimum absolute atomic E-state index is 0.137. The molecule has 0 amide bonds. The molecule has 23 heavy (non-hydrogen) atoms. The van der Waals surface area contributed by atoms with Gasteiger partial charge in [0.15, 0.2) is 0 Å². The number of rotatable bonds is 8. The van der Waals surface area contributed by atoms with Crippen LogP contribution >= 0.6 is 11.3 Å². The Bertz CT molecular complexity index is 657. The largest absolute Gasteiger partial charge is 0.396 e. The summed E-state index contributed by atoms with van der Waals surface area (Å²) >= 11 is 1.58. The number of aliphatic hydroxyl groups is 1. The van der Waals surface area contributed by atoms with Crippen LogP contribution in [0.5, 0.6) is 0 Å². The summed E-state index contributed by atoms with van der Waals surface area (Å²) in [6, 6.07) is 11.3. The lowest BCUT2D eigenvalue weighted by Crippen LogP contribution is -2.28. The van der Waals surface area contributed by atoms with Gasteiger partial charge >= 0.3 is 0 Å². The van der Waals surface area contributed by atoms with Crippen LogP contribution in [0.4, 0.5) is 5.69 Å². The van der Waals surface area contributed by atoms with E-state index in [-0.39, 0.29) is 23.3 Å². The molecule has 2 unspecified atom stereocenters. The van der Waals surface area contributed by atoms with Gasteiger partial charge in [-0.05, 0) is 44.9 Å². The molecule has 0 saturated carbocycles. The highest BCUT2D eigenvalue weighted by Gasteiger charge is 2.17. The lowest BCUT2D eigenvalue weighted by Gasteiger charge is -2.18. The molecule has 2 aromatic rings. The standard InChI is InChI=1S/C17H22N2O3S/c1-12(6-5-11-20)18-13(2)16-9-10-17(23-16)14-7-3-4-8-15(14)19(21)22/h3-4,7-10,12-13,18,20H,5-6,11H2,1-2H3. The van der Waals surface area contributed by atoms with Crippen molar-refractivity contribution in [1.82, 2.24) is 5.32 Å². The van der Waals surface area contributed by atoms with Gasteiger partial charge < -0.3 is 10.4 Å². The van der Waals surface area contributed by atoms with Gasteiger partial charge in [-0.25, -0.2) is 0 Å². The lowest BCUT2D eigenvalue weighted by molar-refractivity contribution is -0.384. The molecule has 0 bridgehead atoms. The van der Waals surface area contributed by atoms with E-state index in [4.69, 9.17) is 5.11 Å². The second-order valence-corrected chi connectivity index (χ2v) is 6.75. The number of hydrogen-bond donors (Lipinski definition) is 2. The number of benzene rings is 1. The topological polar surface area (TPSA) is 75.4 Å². The van der Waals surface area contributed by atoms with Gasteiger partial charge in [0.2, 0.25) is 0 Å². The zero-order valence-electron chi connectivity index (χ0n) is 13.4. The molecule has 0 radical (unpaired) electrons. The van der Waals surface area contributed by atoms with Gasteiger partial charge in [-0.15, -0.1) is 11.3 Å². The van der Waals surface area contributed by atoms with Crippen LogP contribution in [0.3, 0.4) is 0 Å². The second-order valence-electron chi connectivity index (χ2n) is 5.63. The van der Waals surface area contributed by atoms with Crippen LogP contribution < -0.4 is 5.32 Å². The maximum absolute atomic E-state index is 11.2. The Kier molecular flexibility index (Phi) is 6.27. The van der Waals surface area contributed by atoms with E-state index < -0.39 is 0 Å². The summed E-state index contributed by atoms with van der Waals surface area (Å²) in [6.07, 6.45) is 1.70. The van der Waals surface area contributed by atoms with Gasteiger partial charge in [0.25, 0.3) is 5.69 Å². The molecule has 124 valence electrons. The summed E-state index contributed by atoms with van der Waals surface area (Å²) in [4.78, 5) is 12.9. The number of nitro groups is 1. The van der Waals surface area contributed by atoms with Crippen LogP contribution in [-0.2, 0) is 0 Å². The first-order chi connectivity index (χ1) is 11.0. The molecule has 1 aromatic heterocycles. The minimum Gasteiger partial charge on any atom is -0.396 e. The van der Waals surface area contributed by atoms with E-state index in [1.165, 1.54) is 6.07 Å². The molecule has 6 heteroatoms. The number of nitrogens with one attached hydrogen (secondary N) is 1. The average molecular weight is 334 g/mol. The molecule has 1 heterocycles. The monoisotopic (exact) mass is 334 g/mol.